The van der Waals surface area contributed by atoms with Gasteiger partial charge in [-0.15, -0.1) is 0 Å². The second-order valence-corrected chi connectivity index (χ2v) is 10.0. The second-order valence-electron chi connectivity index (χ2n) is 10.0. The standard InChI is InChI=1S/C24H34N2O3/c1-17(27)25-23(5,6)20-16-24(15-18-9-7-8-10-19(18)20)11-13-26(14-12-24)21(28)29-22(2,3)4/h7-10,16H,11-15H2,1-6H3,(H,25,27). The van der Waals surface area contributed by atoms with Crippen LogP contribution in [0.25, 0.3) is 5.57 Å². The Balaban J connectivity index is 1.86. The van der Waals surface area contributed by atoms with Crippen molar-refractivity contribution in [3.05, 3.63) is 41.5 Å². The third-order valence-corrected chi connectivity index (χ3v) is 5.87. The lowest BCUT2D eigenvalue weighted by Crippen LogP contribution is -2.48. The van der Waals surface area contributed by atoms with Crippen LogP contribution in [0.5, 0.6) is 0 Å². The molecule has 1 spiro atoms. The highest BCUT2D eigenvalue weighted by Gasteiger charge is 2.41. The molecule has 1 heterocycles. The van der Waals surface area contributed by atoms with Gasteiger partial charge in [0.05, 0.1) is 5.54 Å². The van der Waals surface area contributed by atoms with Gasteiger partial charge in [0.2, 0.25) is 5.91 Å². The summed E-state index contributed by atoms with van der Waals surface area (Å²) >= 11 is 0. The molecular formula is C24H34N2O3. The molecule has 5 heteroatoms. The summed E-state index contributed by atoms with van der Waals surface area (Å²) < 4.78 is 5.55. The molecule has 0 aromatic heterocycles. The largest absolute Gasteiger partial charge is 0.444 e. The van der Waals surface area contributed by atoms with E-state index in [9.17, 15) is 9.59 Å². The second kappa shape index (κ2) is 7.51. The molecule has 1 aliphatic carbocycles. The first-order valence-electron chi connectivity index (χ1n) is 10.5. The molecule has 0 radical (unpaired) electrons. The van der Waals surface area contributed by atoms with E-state index in [-0.39, 0.29) is 17.4 Å². The van der Waals surface area contributed by atoms with E-state index >= 15 is 0 Å². The summed E-state index contributed by atoms with van der Waals surface area (Å²) in [5.74, 6) is -0.0345. The van der Waals surface area contributed by atoms with Crippen molar-refractivity contribution in [2.45, 2.75) is 71.9 Å². The highest BCUT2D eigenvalue weighted by atomic mass is 16.6. The minimum atomic E-state index is -0.481. The summed E-state index contributed by atoms with van der Waals surface area (Å²) in [6.45, 7) is 12.7. The Morgan fingerprint density at radius 2 is 1.69 bits per heavy atom. The Morgan fingerprint density at radius 3 is 2.28 bits per heavy atom. The summed E-state index contributed by atoms with van der Waals surface area (Å²) in [6.07, 6.45) is 4.88. The van der Waals surface area contributed by atoms with Crippen LogP contribution in [0, 0.1) is 5.41 Å². The van der Waals surface area contributed by atoms with Crippen LogP contribution >= 0.6 is 0 Å². The number of benzene rings is 1. The molecule has 5 nitrogen and oxygen atoms in total. The molecule has 0 atom stereocenters. The Kier molecular flexibility index (Phi) is 5.54. The maximum absolute atomic E-state index is 12.5. The number of hydrogen-bond donors (Lipinski definition) is 1. The van der Waals surface area contributed by atoms with Gasteiger partial charge in [0.25, 0.3) is 0 Å². The maximum Gasteiger partial charge on any atom is 0.410 e. The lowest BCUT2D eigenvalue weighted by Gasteiger charge is -2.45. The van der Waals surface area contributed by atoms with E-state index < -0.39 is 11.1 Å². The Bertz CT molecular complexity index is 825. The van der Waals surface area contributed by atoms with Crippen molar-refractivity contribution >= 4 is 17.6 Å². The number of amides is 2. The fourth-order valence-corrected chi connectivity index (χ4v) is 4.56. The van der Waals surface area contributed by atoms with Crippen molar-refractivity contribution in [1.29, 1.82) is 0 Å². The summed E-state index contributed by atoms with van der Waals surface area (Å²) in [5, 5.41) is 3.11. The number of hydrogen-bond acceptors (Lipinski definition) is 3. The van der Waals surface area contributed by atoms with Gasteiger partial charge in [0.15, 0.2) is 0 Å². The SMILES string of the molecule is CC(=O)NC(C)(C)C1=CC2(CCN(C(=O)OC(C)(C)C)CC2)Cc2ccccc21. The number of carbonyl (C=O) groups is 2. The molecule has 0 unspecified atom stereocenters. The Labute approximate surface area is 174 Å². The van der Waals surface area contributed by atoms with E-state index in [2.05, 4.69) is 49.5 Å². The van der Waals surface area contributed by atoms with Gasteiger partial charge < -0.3 is 15.0 Å². The number of nitrogens with one attached hydrogen (secondary N) is 1. The molecule has 2 amide bonds. The number of piperidine rings is 1. The van der Waals surface area contributed by atoms with Crippen LogP contribution in [0.3, 0.4) is 0 Å². The van der Waals surface area contributed by atoms with Gasteiger partial charge in [-0.25, -0.2) is 4.79 Å². The molecule has 158 valence electrons. The first-order valence-corrected chi connectivity index (χ1v) is 10.5. The maximum atomic E-state index is 12.5. The zero-order chi connectivity index (χ0) is 21.4. The normalized spacial score (nSPS) is 18.7. The fourth-order valence-electron chi connectivity index (χ4n) is 4.56. The quantitative estimate of drug-likeness (QED) is 0.795. The van der Waals surface area contributed by atoms with E-state index in [4.69, 9.17) is 4.74 Å². The van der Waals surface area contributed by atoms with Crippen LogP contribution in [0.4, 0.5) is 4.79 Å². The molecule has 1 saturated heterocycles. The van der Waals surface area contributed by atoms with Crippen molar-refractivity contribution in [2.24, 2.45) is 5.41 Å². The van der Waals surface area contributed by atoms with Gasteiger partial charge >= 0.3 is 6.09 Å². The zero-order valence-electron chi connectivity index (χ0n) is 18.6. The molecule has 1 aromatic rings. The van der Waals surface area contributed by atoms with Crippen LogP contribution in [0.1, 0.15) is 65.5 Å². The summed E-state index contributed by atoms with van der Waals surface area (Å²) in [5.41, 5.74) is 2.75. The van der Waals surface area contributed by atoms with Crippen molar-refractivity contribution in [1.82, 2.24) is 10.2 Å². The molecule has 1 fully saturated rings. The molecule has 2 aliphatic rings. The lowest BCUT2D eigenvalue weighted by atomic mass is 9.65. The minimum absolute atomic E-state index is 0.00205. The first kappa shape index (κ1) is 21.4. The Morgan fingerprint density at radius 1 is 1.07 bits per heavy atom. The van der Waals surface area contributed by atoms with E-state index in [1.54, 1.807) is 6.92 Å². The monoisotopic (exact) mass is 398 g/mol. The predicted octanol–water partition coefficient (Wildman–Crippen LogP) is 4.56. The van der Waals surface area contributed by atoms with Crippen LogP contribution in [0.15, 0.2) is 30.3 Å². The molecule has 1 aliphatic heterocycles. The van der Waals surface area contributed by atoms with Crippen molar-refractivity contribution in [2.75, 3.05) is 13.1 Å². The van der Waals surface area contributed by atoms with Gasteiger partial charge in [-0.3, -0.25) is 4.79 Å². The predicted molar refractivity (Wildman–Crippen MR) is 115 cm³/mol. The molecule has 0 bridgehead atoms. The van der Waals surface area contributed by atoms with E-state index in [0.29, 0.717) is 13.1 Å². The van der Waals surface area contributed by atoms with Crippen molar-refractivity contribution in [3.63, 3.8) is 0 Å². The summed E-state index contributed by atoms with van der Waals surface area (Å²) in [7, 11) is 0. The number of likely N-dealkylation sites (tertiary alicyclic amines) is 1. The molecule has 3 rings (SSSR count). The Hall–Kier alpha value is -2.30. The number of allylic oxidation sites excluding steroid dienone is 1. The molecule has 29 heavy (non-hydrogen) atoms. The highest BCUT2D eigenvalue weighted by Crippen LogP contribution is 2.46. The first-order chi connectivity index (χ1) is 13.4. The third-order valence-electron chi connectivity index (χ3n) is 5.87. The number of carbonyl (C=O) groups excluding carboxylic acids is 2. The number of nitrogens with zero attached hydrogens (tertiary/aromatic N) is 1. The summed E-state index contributed by atoms with van der Waals surface area (Å²) in [4.78, 5) is 26.1. The molecule has 1 N–H and O–H groups in total. The highest BCUT2D eigenvalue weighted by molar-refractivity contribution is 5.83. The van der Waals surface area contributed by atoms with Crippen molar-refractivity contribution < 1.29 is 14.3 Å². The van der Waals surface area contributed by atoms with Gasteiger partial charge in [-0.1, -0.05) is 30.3 Å². The van der Waals surface area contributed by atoms with Crippen LogP contribution in [-0.4, -0.2) is 41.1 Å². The molecule has 1 aromatic carbocycles. The van der Waals surface area contributed by atoms with E-state index in [1.807, 2.05) is 25.7 Å². The zero-order valence-corrected chi connectivity index (χ0v) is 18.6. The summed E-state index contributed by atoms with van der Waals surface area (Å²) in [6, 6.07) is 8.47. The van der Waals surface area contributed by atoms with E-state index in [1.165, 1.54) is 16.7 Å². The number of fused-ring (bicyclic) bond motifs is 1. The fraction of sp³-hybridized carbons (Fsp3) is 0.583. The van der Waals surface area contributed by atoms with Crippen molar-refractivity contribution in [3.8, 4) is 0 Å². The minimum Gasteiger partial charge on any atom is -0.444 e. The van der Waals surface area contributed by atoms with Gasteiger partial charge in [0.1, 0.15) is 5.60 Å². The third kappa shape index (κ3) is 4.82. The topological polar surface area (TPSA) is 58.6 Å². The van der Waals surface area contributed by atoms with Crippen LogP contribution in [0.2, 0.25) is 0 Å². The smallest absolute Gasteiger partial charge is 0.410 e. The molecular weight excluding hydrogens is 364 g/mol. The van der Waals surface area contributed by atoms with Crippen LogP contribution in [-0.2, 0) is 16.0 Å². The average Bonchev–Trinajstić information content (AvgIpc) is 2.59. The lowest BCUT2D eigenvalue weighted by molar-refractivity contribution is -0.120. The number of ether oxygens (including phenoxy) is 1. The van der Waals surface area contributed by atoms with Crippen LogP contribution < -0.4 is 5.32 Å². The molecule has 0 saturated carbocycles. The van der Waals surface area contributed by atoms with Gasteiger partial charge in [-0.2, -0.15) is 0 Å². The van der Waals surface area contributed by atoms with E-state index in [0.717, 1.165) is 19.3 Å². The van der Waals surface area contributed by atoms with Gasteiger partial charge in [-0.05, 0) is 76.0 Å². The van der Waals surface area contributed by atoms with Gasteiger partial charge in [0, 0.05) is 20.0 Å². The number of rotatable bonds is 2. The average molecular weight is 399 g/mol.